The molecule has 144 valence electrons. The van der Waals surface area contributed by atoms with Crippen molar-refractivity contribution < 1.29 is 9.59 Å². The van der Waals surface area contributed by atoms with Gasteiger partial charge in [-0.3, -0.25) is 9.59 Å². The quantitative estimate of drug-likeness (QED) is 0.703. The smallest absolute Gasteiger partial charge is 0.223 e. The van der Waals surface area contributed by atoms with Crippen LogP contribution in [0.15, 0.2) is 42.5 Å². The van der Waals surface area contributed by atoms with Crippen LogP contribution in [0.5, 0.6) is 0 Å². The van der Waals surface area contributed by atoms with Crippen LogP contribution < -0.4 is 16.4 Å². The van der Waals surface area contributed by atoms with E-state index in [0.717, 1.165) is 42.0 Å². The van der Waals surface area contributed by atoms with Crippen molar-refractivity contribution in [3.8, 4) is 0 Å². The van der Waals surface area contributed by atoms with Crippen LogP contribution in [0.4, 0.5) is 0 Å². The standard InChI is InChI=1S/C22H29N3O2/c1-15(24-22(27)17-7-3-4-8-17)12-21(26)25-20(14-23)19-11-10-16-6-2-5-9-18(16)13-19/h2,5-6,9-11,13,15,17,20H,3-4,7-8,12,14,23H2,1H3,(H,24,27)(H,25,26). The van der Waals surface area contributed by atoms with Gasteiger partial charge in [-0.25, -0.2) is 0 Å². The number of carbonyl (C=O) groups excluding carboxylic acids is 2. The summed E-state index contributed by atoms with van der Waals surface area (Å²) in [5, 5.41) is 8.27. The molecule has 0 aliphatic heterocycles. The molecule has 0 heterocycles. The normalized spacial score (nSPS) is 16.8. The fourth-order valence-electron chi connectivity index (χ4n) is 3.83. The van der Waals surface area contributed by atoms with E-state index >= 15 is 0 Å². The highest BCUT2D eigenvalue weighted by Gasteiger charge is 2.24. The molecule has 0 spiro atoms. The summed E-state index contributed by atoms with van der Waals surface area (Å²) in [6, 6.07) is 13.8. The van der Waals surface area contributed by atoms with E-state index in [1.165, 1.54) is 0 Å². The van der Waals surface area contributed by atoms with E-state index in [2.05, 4.69) is 28.8 Å². The van der Waals surface area contributed by atoms with Crippen LogP contribution in [-0.4, -0.2) is 24.4 Å². The molecule has 1 aliphatic rings. The lowest BCUT2D eigenvalue weighted by molar-refractivity contribution is -0.126. The molecule has 0 aromatic heterocycles. The number of rotatable bonds is 7. The number of nitrogens with two attached hydrogens (primary N) is 1. The van der Waals surface area contributed by atoms with Crippen molar-refractivity contribution >= 4 is 22.6 Å². The fraction of sp³-hybridized carbons (Fsp3) is 0.455. The van der Waals surface area contributed by atoms with Crippen LogP contribution in [0.2, 0.25) is 0 Å². The number of fused-ring (bicyclic) bond motifs is 1. The third-order valence-corrected chi connectivity index (χ3v) is 5.35. The number of hydrogen-bond donors (Lipinski definition) is 3. The second-order valence-corrected chi connectivity index (χ2v) is 7.56. The third kappa shape index (κ3) is 5.07. The first-order valence-corrected chi connectivity index (χ1v) is 9.85. The molecule has 2 atom stereocenters. The highest BCUT2D eigenvalue weighted by molar-refractivity contribution is 5.84. The molecule has 0 bridgehead atoms. The van der Waals surface area contributed by atoms with Gasteiger partial charge in [0.05, 0.1) is 6.04 Å². The van der Waals surface area contributed by atoms with E-state index in [1.807, 2.05) is 31.2 Å². The first kappa shape index (κ1) is 19.4. The predicted octanol–water partition coefficient (Wildman–Crippen LogP) is 3.04. The zero-order chi connectivity index (χ0) is 19.2. The van der Waals surface area contributed by atoms with Crippen LogP contribution in [0.3, 0.4) is 0 Å². The Labute approximate surface area is 160 Å². The van der Waals surface area contributed by atoms with Gasteiger partial charge in [0.1, 0.15) is 0 Å². The maximum Gasteiger partial charge on any atom is 0.223 e. The summed E-state index contributed by atoms with van der Waals surface area (Å²) >= 11 is 0. The fourth-order valence-corrected chi connectivity index (χ4v) is 3.83. The largest absolute Gasteiger partial charge is 0.353 e. The van der Waals surface area contributed by atoms with Crippen LogP contribution in [0, 0.1) is 5.92 Å². The first-order valence-electron chi connectivity index (χ1n) is 9.85. The Morgan fingerprint density at radius 1 is 1.07 bits per heavy atom. The number of hydrogen-bond acceptors (Lipinski definition) is 3. The van der Waals surface area contributed by atoms with Gasteiger partial charge >= 0.3 is 0 Å². The summed E-state index contributed by atoms with van der Waals surface area (Å²) < 4.78 is 0. The monoisotopic (exact) mass is 367 g/mol. The Balaban J connectivity index is 1.56. The van der Waals surface area contributed by atoms with Crippen molar-refractivity contribution in [2.24, 2.45) is 11.7 Å². The average molecular weight is 367 g/mol. The first-order chi connectivity index (χ1) is 13.1. The lowest BCUT2D eigenvalue weighted by Gasteiger charge is -2.21. The van der Waals surface area contributed by atoms with Gasteiger partial charge in [0.2, 0.25) is 11.8 Å². The van der Waals surface area contributed by atoms with Crippen molar-refractivity contribution in [2.45, 2.75) is 51.1 Å². The molecule has 4 N–H and O–H groups in total. The van der Waals surface area contributed by atoms with Crippen molar-refractivity contribution in [3.63, 3.8) is 0 Å². The van der Waals surface area contributed by atoms with Crippen LogP contribution in [-0.2, 0) is 9.59 Å². The van der Waals surface area contributed by atoms with Crippen molar-refractivity contribution in [3.05, 3.63) is 48.0 Å². The maximum absolute atomic E-state index is 12.4. The van der Waals surface area contributed by atoms with E-state index in [0.29, 0.717) is 6.54 Å². The summed E-state index contributed by atoms with van der Waals surface area (Å²) in [7, 11) is 0. The van der Waals surface area contributed by atoms with Gasteiger partial charge in [0.15, 0.2) is 0 Å². The molecule has 1 saturated carbocycles. The summed E-state index contributed by atoms with van der Waals surface area (Å²) in [4.78, 5) is 24.6. The second-order valence-electron chi connectivity index (χ2n) is 7.56. The van der Waals surface area contributed by atoms with Gasteiger partial charge < -0.3 is 16.4 Å². The summed E-state index contributed by atoms with van der Waals surface area (Å²) in [6.07, 6.45) is 4.42. The highest BCUT2D eigenvalue weighted by atomic mass is 16.2. The third-order valence-electron chi connectivity index (χ3n) is 5.35. The summed E-state index contributed by atoms with van der Waals surface area (Å²) in [5.74, 6) is 0.0976. The maximum atomic E-state index is 12.4. The molecule has 0 saturated heterocycles. The molecule has 5 nitrogen and oxygen atoms in total. The Bertz CT molecular complexity index is 799. The number of nitrogens with one attached hydrogen (secondary N) is 2. The van der Waals surface area contributed by atoms with Crippen molar-refractivity contribution in [1.29, 1.82) is 0 Å². The summed E-state index contributed by atoms with van der Waals surface area (Å²) in [6.45, 7) is 2.20. The average Bonchev–Trinajstić information content (AvgIpc) is 3.20. The van der Waals surface area contributed by atoms with Gasteiger partial charge in [-0.15, -0.1) is 0 Å². The molecule has 2 amide bonds. The van der Waals surface area contributed by atoms with E-state index in [9.17, 15) is 9.59 Å². The Morgan fingerprint density at radius 3 is 2.48 bits per heavy atom. The van der Waals surface area contributed by atoms with Gasteiger partial charge in [0.25, 0.3) is 0 Å². The minimum Gasteiger partial charge on any atom is -0.353 e. The molecular formula is C22H29N3O2. The Hall–Kier alpha value is -2.40. The molecule has 1 aliphatic carbocycles. The minimum atomic E-state index is -0.236. The molecule has 3 rings (SSSR count). The Morgan fingerprint density at radius 2 is 1.78 bits per heavy atom. The molecule has 1 fully saturated rings. The Kier molecular flexibility index (Phi) is 6.45. The molecule has 5 heteroatoms. The molecule has 0 radical (unpaired) electrons. The lowest BCUT2D eigenvalue weighted by atomic mass is 10.0. The highest BCUT2D eigenvalue weighted by Crippen LogP contribution is 2.25. The lowest BCUT2D eigenvalue weighted by Crippen LogP contribution is -2.41. The van der Waals surface area contributed by atoms with Gasteiger partial charge in [0, 0.05) is 24.9 Å². The van der Waals surface area contributed by atoms with Gasteiger partial charge in [-0.05, 0) is 42.2 Å². The van der Waals surface area contributed by atoms with Gasteiger partial charge in [-0.1, -0.05) is 49.2 Å². The molecular weight excluding hydrogens is 338 g/mol. The van der Waals surface area contributed by atoms with Crippen LogP contribution in [0.25, 0.3) is 10.8 Å². The predicted molar refractivity (Wildman–Crippen MR) is 108 cm³/mol. The number of benzene rings is 2. The zero-order valence-corrected chi connectivity index (χ0v) is 15.9. The second kappa shape index (κ2) is 9.00. The topological polar surface area (TPSA) is 84.2 Å². The van der Waals surface area contributed by atoms with Crippen LogP contribution >= 0.6 is 0 Å². The zero-order valence-electron chi connectivity index (χ0n) is 15.9. The molecule has 2 unspecified atom stereocenters. The SMILES string of the molecule is CC(CC(=O)NC(CN)c1ccc2ccccc2c1)NC(=O)C1CCCC1. The van der Waals surface area contributed by atoms with Crippen LogP contribution in [0.1, 0.15) is 50.6 Å². The van der Waals surface area contributed by atoms with E-state index in [4.69, 9.17) is 5.73 Å². The minimum absolute atomic E-state index is 0.0812. The van der Waals surface area contributed by atoms with E-state index in [-0.39, 0.29) is 36.2 Å². The van der Waals surface area contributed by atoms with Gasteiger partial charge in [-0.2, -0.15) is 0 Å². The molecule has 2 aromatic rings. The molecule has 27 heavy (non-hydrogen) atoms. The van der Waals surface area contributed by atoms with E-state index in [1.54, 1.807) is 0 Å². The number of carbonyl (C=O) groups is 2. The van der Waals surface area contributed by atoms with Crippen molar-refractivity contribution in [2.75, 3.05) is 6.54 Å². The van der Waals surface area contributed by atoms with E-state index < -0.39 is 0 Å². The number of amides is 2. The summed E-state index contributed by atoms with van der Waals surface area (Å²) in [5.41, 5.74) is 6.90. The molecule has 2 aromatic carbocycles. The van der Waals surface area contributed by atoms with Crippen molar-refractivity contribution in [1.82, 2.24) is 10.6 Å².